The van der Waals surface area contributed by atoms with Crippen molar-refractivity contribution in [3.8, 4) is 0 Å². The molecular formula is C14H22O. The molecule has 0 aromatic rings. The van der Waals surface area contributed by atoms with Crippen molar-refractivity contribution in [1.82, 2.24) is 0 Å². The van der Waals surface area contributed by atoms with Crippen LogP contribution in [0.4, 0.5) is 0 Å². The lowest BCUT2D eigenvalue weighted by atomic mass is 9.97. The van der Waals surface area contributed by atoms with Crippen LogP contribution in [0.5, 0.6) is 0 Å². The fraction of sp³-hybridized carbons (Fsp3) is 0.571. The van der Waals surface area contributed by atoms with Crippen molar-refractivity contribution in [2.75, 3.05) is 7.11 Å². The summed E-state index contributed by atoms with van der Waals surface area (Å²) in [6.07, 6.45) is 12.6. The number of hydrogen-bond acceptors (Lipinski definition) is 1. The van der Waals surface area contributed by atoms with Gasteiger partial charge in [0.05, 0.1) is 7.11 Å². The van der Waals surface area contributed by atoms with Gasteiger partial charge < -0.3 is 4.74 Å². The Labute approximate surface area is 93.5 Å². The van der Waals surface area contributed by atoms with E-state index in [0.29, 0.717) is 0 Å². The zero-order chi connectivity index (χ0) is 11.1. The molecule has 1 nitrogen and oxygen atoms in total. The lowest BCUT2D eigenvalue weighted by molar-refractivity contribution is 0.304. The second kappa shape index (κ2) is 6.49. The average Bonchev–Trinajstić information content (AvgIpc) is 2.29. The Bertz CT molecular complexity index is 282. The van der Waals surface area contributed by atoms with Gasteiger partial charge in [-0.05, 0) is 43.9 Å². The third-order valence-electron chi connectivity index (χ3n) is 2.91. The summed E-state index contributed by atoms with van der Waals surface area (Å²) in [4.78, 5) is 0. The molecule has 84 valence electrons. The van der Waals surface area contributed by atoms with Gasteiger partial charge in [-0.25, -0.2) is 0 Å². The third-order valence-corrected chi connectivity index (χ3v) is 2.91. The molecule has 1 aliphatic carbocycles. The highest BCUT2D eigenvalue weighted by atomic mass is 16.5. The van der Waals surface area contributed by atoms with Gasteiger partial charge in [-0.2, -0.15) is 0 Å². The second-order valence-electron chi connectivity index (χ2n) is 4.11. The smallest absolute Gasteiger partial charge is 0.115 e. The summed E-state index contributed by atoms with van der Waals surface area (Å²) < 4.78 is 5.17. The molecule has 15 heavy (non-hydrogen) atoms. The molecule has 0 fully saturated rings. The molecule has 0 atom stereocenters. The highest BCUT2D eigenvalue weighted by molar-refractivity contribution is 5.35. The monoisotopic (exact) mass is 206 g/mol. The van der Waals surface area contributed by atoms with Crippen molar-refractivity contribution < 1.29 is 4.74 Å². The summed E-state index contributed by atoms with van der Waals surface area (Å²) >= 11 is 0. The molecule has 1 aliphatic rings. The molecule has 0 saturated heterocycles. The van der Waals surface area contributed by atoms with Crippen molar-refractivity contribution in [3.63, 3.8) is 0 Å². The van der Waals surface area contributed by atoms with E-state index in [-0.39, 0.29) is 0 Å². The standard InChI is InChI=1S/C14H22O/c1-4-5-6-7-12(2)13-8-10-14(15-3)11-9-13/h8,10-11H,4-7,9H2,1-3H3/b13-12+. The van der Waals surface area contributed by atoms with Crippen molar-refractivity contribution in [1.29, 1.82) is 0 Å². The van der Waals surface area contributed by atoms with E-state index in [1.54, 1.807) is 7.11 Å². The zero-order valence-corrected chi connectivity index (χ0v) is 10.2. The van der Waals surface area contributed by atoms with Gasteiger partial charge in [-0.1, -0.05) is 31.4 Å². The Balaban J connectivity index is 2.47. The van der Waals surface area contributed by atoms with E-state index in [9.17, 15) is 0 Å². The maximum atomic E-state index is 5.17. The Morgan fingerprint density at radius 3 is 2.67 bits per heavy atom. The number of ether oxygens (including phenoxy) is 1. The predicted molar refractivity (Wildman–Crippen MR) is 65.7 cm³/mol. The van der Waals surface area contributed by atoms with E-state index in [1.165, 1.54) is 36.8 Å². The van der Waals surface area contributed by atoms with Crippen LogP contribution in [0.15, 0.2) is 35.1 Å². The van der Waals surface area contributed by atoms with Crippen LogP contribution in [0.2, 0.25) is 0 Å². The summed E-state index contributed by atoms with van der Waals surface area (Å²) in [7, 11) is 1.72. The predicted octanol–water partition coefficient (Wildman–Crippen LogP) is 4.37. The number of rotatable bonds is 5. The van der Waals surface area contributed by atoms with Gasteiger partial charge >= 0.3 is 0 Å². The summed E-state index contributed by atoms with van der Waals surface area (Å²) in [5, 5.41) is 0. The van der Waals surface area contributed by atoms with E-state index in [1.807, 2.05) is 0 Å². The third kappa shape index (κ3) is 3.94. The summed E-state index contributed by atoms with van der Waals surface area (Å²) in [5.74, 6) is 0.986. The lowest BCUT2D eigenvalue weighted by Gasteiger charge is -2.11. The minimum Gasteiger partial charge on any atom is -0.497 e. The van der Waals surface area contributed by atoms with Crippen molar-refractivity contribution in [2.24, 2.45) is 0 Å². The van der Waals surface area contributed by atoms with E-state index >= 15 is 0 Å². The van der Waals surface area contributed by atoms with Gasteiger partial charge in [-0.15, -0.1) is 0 Å². The van der Waals surface area contributed by atoms with Gasteiger partial charge in [0.15, 0.2) is 0 Å². The van der Waals surface area contributed by atoms with Gasteiger partial charge in [0.2, 0.25) is 0 Å². The lowest BCUT2D eigenvalue weighted by Crippen LogP contribution is -1.93. The van der Waals surface area contributed by atoms with Gasteiger partial charge in [0.1, 0.15) is 5.76 Å². The highest BCUT2D eigenvalue weighted by Crippen LogP contribution is 2.22. The first kappa shape index (κ1) is 12.1. The fourth-order valence-corrected chi connectivity index (χ4v) is 1.80. The minimum atomic E-state index is 0.986. The number of allylic oxidation sites excluding steroid dienone is 5. The van der Waals surface area contributed by atoms with Crippen LogP contribution in [0.3, 0.4) is 0 Å². The molecule has 0 aromatic carbocycles. The quantitative estimate of drug-likeness (QED) is 0.607. The molecule has 0 aliphatic heterocycles. The highest BCUT2D eigenvalue weighted by Gasteiger charge is 2.04. The fourth-order valence-electron chi connectivity index (χ4n) is 1.80. The van der Waals surface area contributed by atoms with Crippen LogP contribution in [-0.4, -0.2) is 7.11 Å². The van der Waals surface area contributed by atoms with Crippen molar-refractivity contribution in [2.45, 2.75) is 46.0 Å². The van der Waals surface area contributed by atoms with Crippen LogP contribution in [0, 0.1) is 0 Å². The largest absolute Gasteiger partial charge is 0.497 e. The van der Waals surface area contributed by atoms with Crippen LogP contribution in [0.25, 0.3) is 0 Å². The molecule has 1 heteroatoms. The summed E-state index contributed by atoms with van der Waals surface area (Å²) in [6, 6.07) is 0. The number of methoxy groups -OCH3 is 1. The normalized spacial score (nSPS) is 18.7. The molecule has 0 spiro atoms. The molecule has 0 radical (unpaired) electrons. The Kier molecular flexibility index (Phi) is 5.23. The van der Waals surface area contributed by atoms with E-state index in [4.69, 9.17) is 4.74 Å². The zero-order valence-electron chi connectivity index (χ0n) is 10.2. The minimum absolute atomic E-state index is 0.986. The van der Waals surface area contributed by atoms with Crippen molar-refractivity contribution in [3.05, 3.63) is 35.1 Å². The number of unbranched alkanes of at least 4 members (excludes halogenated alkanes) is 2. The molecule has 0 saturated carbocycles. The van der Waals surface area contributed by atoms with E-state index < -0.39 is 0 Å². The Hall–Kier alpha value is -0.980. The molecule has 0 aromatic heterocycles. The first-order valence-electron chi connectivity index (χ1n) is 5.88. The number of hydrogen-bond donors (Lipinski definition) is 0. The van der Waals surface area contributed by atoms with Gasteiger partial charge in [0, 0.05) is 0 Å². The summed E-state index contributed by atoms with van der Waals surface area (Å²) in [5.41, 5.74) is 3.00. The average molecular weight is 206 g/mol. The maximum Gasteiger partial charge on any atom is 0.115 e. The topological polar surface area (TPSA) is 9.23 Å². The van der Waals surface area contributed by atoms with E-state index in [2.05, 4.69) is 32.1 Å². The summed E-state index contributed by atoms with van der Waals surface area (Å²) in [6.45, 7) is 4.50. The van der Waals surface area contributed by atoms with Gasteiger partial charge in [0.25, 0.3) is 0 Å². The molecular weight excluding hydrogens is 184 g/mol. The molecule has 0 unspecified atom stereocenters. The Morgan fingerprint density at radius 2 is 2.13 bits per heavy atom. The molecule has 0 N–H and O–H groups in total. The molecule has 0 bridgehead atoms. The van der Waals surface area contributed by atoms with Crippen LogP contribution >= 0.6 is 0 Å². The van der Waals surface area contributed by atoms with Crippen LogP contribution in [-0.2, 0) is 4.74 Å². The SMILES string of the molecule is CCCCC/C(C)=C1\C=CC(OC)=CC1. The molecule has 0 amide bonds. The van der Waals surface area contributed by atoms with Crippen molar-refractivity contribution >= 4 is 0 Å². The van der Waals surface area contributed by atoms with Crippen LogP contribution in [0.1, 0.15) is 46.0 Å². The molecule has 0 heterocycles. The van der Waals surface area contributed by atoms with Crippen LogP contribution < -0.4 is 0 Å². The van der Waals surface area contributed by atoms with Gasteiger partial charge in [-0.3, -0.25) is 0 Å². The second-order valence-corrected chi connectivity index (χ2v) is 4.11. The first-order chi connectivity index (χ1) is 7.27. The first-order valence-corrected chi connectivity index (χ1v) is 5.88. The van der Waals surface area contributed by atoms with E-state index in [0.717, 1.165) is 12.2 Å². The maximum absolute atomic E-state index is 5.17. The molecule has 1 rings (SSSR count). The Morgan fingerprint density at radius 1 is 1.33 bits per heavy atom.